The molecule has 0 N–H and O–H groups in total. The van der Waals surface area contributed by atoms with Crippen molar-refractivity contribution < 1.29 is 0 Å². The van der Waals surface area contributed by atoms with Crippen molar-refractivity contribution in [1.82, 2.24) is 4.57 Å². The second-order valence-electron chi connectivity index (χ2n) is 7.43. The SMILES string of the molecule is C1=CC2CC2c2c1c1ccccc1n2-c1ccc(-c2ccccc2)cc1. The second-order valence-corrected chi connectivity index (χ2v) is 7.43. The first-order chi connectivity index (χ1) is 12.9. The van der Waals surface area contributed by atoms with Gasteiger partial charge in [-0.05, 0) is 41.7 Å². The number of rotatable bonds is 2. The molecule has 2 aliphatic carbocycles. The van der Waals surface area contributed by atoms with Crippen LogP contribution in [0.4, 0.5) is 0 Å². The molecule has 4 aromatic rings. The smallest absolute Gasteiger partial charge is 0.0537 e. The molecule has 1 fully saturated rings. The highest BCUT2D eigenvalue weighted by atomic mass is 15.0. The van der Waals surface area contributed by atoms with Gasteiger partial charge in [0, 0.05) is 28.2 Å². The molecule has 1 heteroatoms. The summed E-state index contributed by atoms with van der Waals surface area (Å²) in [5.41, 5.74) is 8.05. The van der Waals surface area contributed by atoms with Gasteiger partial charge >= 0.3 is 0 Å². The molecule has 1 heterocycles. The van der Waals surface area contributed by atoms with Crippen molar-refractivity contribution >= 4 is 17.0 Å². The molecule has 3 aromatic carbocycles. The monoisotopic (exact) mass is 333 g/mol. The van der Waals surface area contributed by atoms with Crippen molar-refractivity contribution in [3.05, 3.63) is 96.2 Å². The summed E-state index contributed by atoms with van der Waals surface area (Å²) in [6.07, 6.45) is 6.05. The summed E-state index contributed by atoms with van der Waals surface area (Å²) in [6.45, 7) is 0. The lowest BCUT2D eigenvalue weighted by molar-refractivity contribution is 0.896. The minimum Gasteiger partial charge on any atom is -0.313 e. The zero-order chi connectivity index (χ0) is 17.1. The fourth-order valence-electron chi connectivity index (χ4n) is 4.50. The summed E-state index contributed by atoms with van der Waals surface area (Å²) in [7, 11) is 0. The number of benzene rings is 3. The maximum absolute atomic E-state index is 2.49. The number of hydrogen-bond donors (Lipinski definition) is 0. The number of nitrogens with zero attached hydrogens (tertiary/aromatic N) is 1. The summed E-state index contributed by atoms with van der Waals surface area (Å²) in [5.74, 6) is 1.44. The molecule has 26 heavy (non-hydrogen) atoms. The standard InChI is InChI=1S/C25H19N/c1-2-6-17(7-3-1)18-10-13-20(14-11-18)26-24-9-5-4-8-21(24)22-15-12-19-16-23(19)25(22)26/h1-15,19,23H,16H2. The molecular weight excluding hydrogens is 314 g/mol. The lowest BCUT2D eigenvalue weighted by Crippen LogP contribution is -2.02. The molecule has 0 radical (unpaired) electrons. The van der Waals surface area contributed by atoms with E-state index in [0.717, 1.165) is 5.92 Å². The maximum atomic E-state index is 2.49. The molecule has 2 unspecified atom stereocenters. The van der Waals surface area contributed by atoms with Crippen molar-refractivity contribution in [2.45, 2.75) is 12.3 Å². The zero-order valence-electron chi connectivity index (χ0n) is 14.5. The van der Waals surface area contributed by atoms with E-state index in [0.29, 0.717) is 5.92 Å². The van der Waals surface area contributed by atoms with Crippen LogP contribution in [0.15, 0.2) is 84.9 Å². The van der Waals surface area contributed by atoms with E-state index in [4.69, 9.17) is 0 Å². The second kappa shape index (κ2) is 5.22. The Morgan fingerprint density at radius 1 is 0.731 bits per heavy atom. The van der Waals surface area contributed by atoms with Gasteiger partial charge in [-0.3, -0.25) is 0 Å². The molecule has 0 amide bonds. The van der Waals surface area contributed by atoms with Crippen LogP contribution in [0.3, 0.4) is 0 Å². The normalized spacial score (nSPS) is 20.0. The third-order valence-electron chi connectivity index (χ3n) is 5.89. The van der Waals surface area contributed by atoms with Crippen molar-refractivity contribution in [1.29, 1.82) is 0 Å². The van der Waals surface area contributed by atoms with E-state index in [9.17, 15) is 0 Å². The molecule has 0 spiro atoms. The summed E-state index contributed by atoms with van der Waals surface area (Å²) >= 11 is 0. The predicted octanol–water partition coefficient (Wildman–Crippen LogP) is 6.43. The van der Waals surface area contributed by atoms with E-state index in [1.807, 2.05) is 0 Å². The maximum Gasteiger partial charge on any atom is 0.0537 e. The Hall–Kier alpha value is -3.06. The average molecular weight is 333 g/mol. The van der Waals surface area contributed by atoms with Gasteiger partial charge in [0.15, 0.2) is 0 Å². The van der Waals surface area contributed by atoms with Crippen molar-refractivity contribution in [3.63, 3.8) is 0 Å². The third-order valence-corrected chi connectivity index (χ3v) is 5.89. The highest BCUT2D eigenvalue weighted by molar-refractivity contribution is 5.94. The molecule has 0 aliphatic heterocycles. The van der Waals surface area contributed by atoms with Crippen LogP contribution in [0.25, 0.3) is 33.8 Å². The van der Waals surface area contributed by atoms with Crippen LogP contribution >= 0.6 is 0 Å². The van der Waals surface area contributed by atoms with Gasteiger partial charge in [-0.15, -0.1) is 0 Å². The summed E-state index contributed by atoms with van der Waals surface area (Å²) in [5, 5.41) is 1.37. The highest BCUT2D eigenvalue weighted by Gasteiger charge is 2.43. The Kier molecular flexibility index (Phi) is 2.84. The molecule has 2 atom stereocenters. The van der Waals surface area contributed by atoms with Crippen LogP contribution in [0.5, 0.6) is 0 Å². The van der Waals surface area contributed by atoms with Crippen LogP contribution in [0, 0.1) is 5.92 Å². The number of para-hydroxylation sites is 1. The van der Waals surface area contributed by atoms with E-state index in [1.165, 1.54) is 45.4 Å². The molecule has 2 aliphatic rings. The fourth-order valence-corrected chi connectivity index (χ4v) is 4.50. The Morgan fingerprint density at radius 3 is 2.31 bits per heavy atom. The Bertz CT molecular complexity index is 1150. The molecule has 124 valence electrons. The van der Waals surface area contributed by atoms with Gasteiger partial charge in [0.05, 0.1) is 5.52 Å². The Balaban J connectivity index is 1.55. The first kappa shape index (κ1) is 14.1. The first-order valence-electron chi connectivity index (χ1n) is 9.37. The average Bonchev–Trinajstić information content (AvgIpc) is 3.43. The van der Waals surface area contributed by atoms with Crippen molar-refractivity contribution in [3.8, 4) is 16.8 Å². The van der Waals surface area contributed by atoms with E-state index in [1.54, 1.807) is 0 Å². The Labute approximate surface area is 153 Å². The van der Waals surface area contributed by atoms with Gasteiger partial charge < -0.3 is 4.57 Å². The molecule has 1 saturated carbocycles. The minimum absolute atomic E-state index is 0.691. The first-order valence-corrected chi connectivity index (χ1v) is 9.37. The number of allylic oxidation sites excluding steroid dienone is 1. The van der Waals surface area contributed by atoms with Crippen molar-refractivity contribution in [2.24, 2.45) is 5.92 Å². The molecule has 6 rings (SSSR count). The molecular formula is C25H19N. The summed E-state index contributed by atoms with van der Waals surface area (Å²) in [4.78, 5) is 0. The predicted molar refractivity (Wildman–Crippen MR) is 109 cm³/mol. The third kappa shape index (κ3) is 1.97. The van der Waals surface area contributed by atoms with Crippen LogP contribution in [-0.4, -0.2) is 4.57 Å². The van der Waals surface area contributed by atoms with Crippen molar-refractivity contribution in [2.75, 3.05) is 0 Å². The zero-order valence-corrected chi connectivity index (χ0v) is 14.5. The van der Waals surface area contributed by atoms with E-state index in [2.05, 4.69) is 95.6 Å². The van der Waals surface area contributed by atoms with Crippen LogP contribution in [-0.2, 0) is 0 Å². The molecule has 0 bridgehead atoms. The molecule has 1 aromatic heterocycles. The lowest BCUT2D eigenvalue weighted by Gasteiger charge is -2.14. The van der Waals surface area contributed by atoms with Gasteiger partial charge in [0.2, 0.25) is 0 Å². The van der Waals surface area contributed by atoms with Gasteiger partial charge in [0.25, 0.3) is 0 Å². The van der Waals surface area contributed by atoms with E-state index >= 15 is 0 Å². The molecule has 1 nitrogen and oxygen atoms in total. The number of hydrogen-bond acceptors (Lipinski definition) is 0. The number of fused-ring (bicyclic) bond motifs is 5. The van der Waals surface area contributed by atoms with E-state index in [-0.39, 0.29) is 0 Å². The van der Waals surface area contributed by atoms with Gasteiger partial charge in [-0.1, -0.05) is 72.8 Å². The summed E-state index contributed by atoms with van der Waals surface area (Å²) in [6, 6.07) is 28.4. The lowest BCUT2D eigenvalue weighted by atomic mass is 10.0. The van der Waals surface area contributed by atoms with Gasteiger partial charge in [-0.2, -0.15) is 0 Å². The van der Waals surface area contributed by atoms with Crippen LogP contribution in [0.1, 0.15) is 23.6 Å². The topological polar surface area (TPSA) is 4.93 Å². The fraction of sp³-hybridized carbons (Fsp3) is 0.120. The van der Waals surface area contributed by atoms with Crippen LogP contribution < -0.4 is 0 Å². The minimum atomic E-state index is 0.691. The quantitative estimate of drug-likeness (QED) is 0.398. The largest absolute Gasteiger partial charge is 0.313 e. The molecule has 0 saturated heterocycles. The highest BCUT2D eigenvalue weighted by Crippen LogP contribution is 2.55. The van der Waals surface area contributed by atoms with Gasteiger partial charge in [-0.25, -0.2) is 0 Å². The van der Waals surface area contributed by atoms with E-state index < -0.39 is 0 Å². The number of aromatic nitrogens is 1. The summed E-state index contributed by atoms with van der Waals surface area (Å²) < 4.78 is 2.49. The Morgan fingerprint density at radius 2 is 1.46 bits per heavy atom. The van der Waals surface area contributed by atoms with Gasteiger partial charge in [0.1, 0.15) is 0 Å². The van der Waals surface area contributed by atoms with Crippen LogP contribution in [0.2, 0.25) is 0 Å².